The van der Waals surface area contributed by atoms with Crippen molar-refractivity contribution in [1.82, 2.24) is 14.3 Å². The minimum absolute atomic E-state index is 0.0120. The SMILES string of the molecule is CC(C)S(=O)(=O)c1ccccc1Nc1nc(NC2CCCN(S(C)(=O)=O)C2)[nH]c(=O)c1C(N)=O. The molecule has 14 heteroatoms. The molecule has 1 aromatic carbocycles. The van der Waals surface area contributed by atoms with E-state index in [4.69, 9.17) is 5.73 Å². The number of sulfone groups is 1. The quantitative estimate of drug-likeness (QED) is 0.394. The zero-order valence-electron chi connectivity index (χ0n) is 19.0. The summed E-state index contributed by atoms with van der Waals surface area (Å²) in [5.41, 5.74) is 4.22. The number of aromatic nitrogens is 2. The summed E-state index contributed by atoms with van der Waals surface area (Å²) in [7, 11) is -7.08. The van der Waals surface area contributed by atoms with Crippen LogP contribution in [0, 0.1) is 0 Å². The molecule has 1 aliphatic heterocycles. The molecule has 1 saturated heterocycles. The van der Waals surface area contributed by atoms with Crippen molar-refractivity contribution in [3.8, 4) is 0 Å². The van der Waals surface area contributed by atoms with Crippen LogP contribution in [0.15, 0.2) is 34.0 Å². The predicted octanol–water partition coefficient (Wildman–Crippen LogP) is 0.630. The Kier molecular flexibility index (Phi) is 7.33. The monoisotopic (exact) mass is 512 g/mol. The van der Waals surface area contributed by atoms with Gasteiger partial charge >= 0.3 is 0 Å². The molecule has 0 saturated carbocycles. The number of H-pyrrole nitrogens is 1. The van der Waals surface area contributed by atoms with Crippen LogP contribution in [0.2, 0.25) is 0 Å². The number of carbonyl (C=O) groups is 1. The smallest absolute Gasteiger partial charge is 0.267 e. The van der Waals surface area contributed by atoms with E-state index in [0.717, 1.165) is 6.26 Å². The normalized spacial score (nSPS) is 17.5. The summed E-state index contributed by atoms with van der Waals surface area (Å²) < 4.78 is 50.7. The maximum atomic E-state index is 12.8. The van der Waals surface area contributed by atoms with E-state index in [1.165, 1.54) is 16.4 Å². The molecule has 34 heavy (non-hydrogen) atoms. The third-order valence-corrected chi connectivity index (χ3v) is 8.91. The molecule has 1 aromatic heterocycles. The highest BCUT2D eigenvalue weighted by molar-refractivity contribution is 7.92. The summed E-state index contributed by atoms with van der Waals surface area (Å²) in [6.07, 6.45) is 2.37. The Morgan fingerprint density at radius 2 is 1.91 bits per heavy atom. The second kappa shape index (κ2) is 9.72. The Morgan fingerprint density at radius 3 is 2.53 bits per heavy atom. The second-order valence-electron chi connectivity index (χ2n) is 8.32. The summed E-state index contributed by atoms with van der Waals surface area (Å²) in [5.74, 6) is -1.28. The van der Waals surface area contributed by atoms with Crippen LogP contribution in [-0.2, 0) is 19.9 Å². The average molecular weight is 513 g/mol. The highest BCUT2D eigenvalue weighted by atomic mass is 32.2. The first-order chi connectivity index (χ1) is 15.8. The van der Waals surface area contributed by atoms with Crippen molar-refractivity contribution in [2.45, 2.75) is 42.9 Å². The minimum Gasteiger partial charge on any atom is -0.365 e. The third kappa shape index (κ3) is 5.56. The van der Waals surface area contributed by atoms with Gasteiger partial charge in [0.2, 0.25) is 16.0 Å². The van der Waals surface area contributed by atoms with E-state index in [1.54, 1.807) is 26.0 Å². The van der Waals surface area contributed by atoms with Gasteiger partial charge in [0.25, 0.3) is 11.5 Å². The van der Waals surface area contributed by atoms with Crippen LogP contribution < -0.4 is 21.9 Å². The van der Waals surface area contributed by atoms with Gasteiger partial charge in [-0.1, -0.05) is 12.1 Å². The molecule has 1 atom stereocenters. The molecule has 0 bridgehead atoms. The third-order valence-electron chi connectivity index (χ3n) is 5.43. The van der Waals surface area contributed by atoms with E-state index in [2.05, 4.69) is 20.6 Å². The number of aromatic amines is 1. The molecule has 1 unspecified atom stereocenters. The van der Waals surface area contributed by atoms with Gasteiger partial charge in [-0.3, -0.25) is 14.6 Å². The lowest BCUT2D eigenvalue weighted by atomic mass is 10.1. The minimum atomic E-state index is -3.69. The van der Waals surface area contributed by atoms with Crippen molar-refractivity contribution < 1.29 is 21.6 Å². The summed E-state index contributed by atoms with van der Waals surface area (Å²) in [4.78, 5) is 31.3. The number of para-hydroxylation sites is 1. The van der Waals surface area contributed by atoms with Gasteiger partial charge in [-0.25, -0.2) is 21.1 Å². The lowest BCUT2D eigenvalue weighted by Crippen LogP contribution is -2.45. The first-order valence-electron chi connectivity index (χ1n) is 10.6. The van der Waals surface area contributed by atoms with Gasteiger partial charge in [0.15, 0.2) is 15.7 Å². The van der Waals surface area contributed by atoms with Crippen molar-refractivity contribution in [3.05, 3.63) is 40.2 Å². The lowest BCUT2D eigenvalue weighted by molar-refractivity contribution is 0.0999. The van der Waals surface area contributed by atoms with Gasteiger partial charge in [-0.2, -0.15) is 4.98 Å². The highest BCUT2D eigenvalue weighted by Crippen LogP contribution is 2.28. The molecule has 5 N–H and O–H groups in total. The Bertz CT molecular complexity index is 1350. The molecule has 186 valence electrons. The molecule has 12 nitrogen and oxygen atoms in total. The molecule has 0 radical (unpaired) electrons. The molecule has 1 aliphatic rings. The standard InChI is InChI=1S/C20H28N6O6S2/c1-12(2)34(31,32)15-9-5-4-8-14(15)23-18-16(17(21)27)19(28)25-20(24-18)22-13-7-6-10-26(11-13)33(3,29)30/h4-5,8-9,12-13H,6-7,10-11H2,1-3H3,(H2,21,27)(H3,22,23,24,25,28). The number of sulfonamides is 1. The van der Waals surface area contributed by atoms with Crippen molar-refractivity contribution in [1.29, 1.82) is 0 Å². The molecular weight excluding hydrogens is 484 g/mol. The summed E-state index contributed by atoms with van der Waals surface area (Å²) in [6, 6.07) is 5.72. The number of rotatable bonds is 8. The Labute approximate surface area is 197 Å². The molecule has 1 fully saturated rings. The first-order valence-corrected chi connectivity index (χ1v) is 14.0. The van der Waals surface area contributed by atoms with E-state index in [9.17, 15) is 26.4 Å². The number of hydrogen-bond donors (Lipinski definition) is 4. The van der Waals surface area contributed by atoms with Gasteiger partial charge in [0.05, 0.1) is 22.1 Å². The fourth-order valence-corrected chi connectivity index (χ4v) is 5.73. The number of nitrogens with two attached hydrogens (primary N) is 1. The molecule has 0 aliphatic carbocycles. The van der Waals surface area contributed by atoms with Crippen LogP contribution >= 0.6 is 0 Å². The molecule has 2 aromatic rings. The average Bonchev–Trinajstić information content (AvgIpc) is 2.73. The number of nitrogens with zero attached hydrogens (tertiary/aromatic N) is 2. The molecule has 1 amide bonds. The van der Waals surface area contributed by atoms with E-state index in [-0.39, 0.29) is 34.9 Å². The van der Waals surface area contributed by atoms with Gasteiger partial charge in [0.1, 0.15) is 5.56 Å². The van der Waals surface area contributed by atoms with Crippen molar-refractivity contribution in [2.75, 3.05) is 30.0 Å². The van der Waals surface area contributed by atoms with Crippen molar-refractivity contribution in [3.63, 3.8) is 0 Å². The van der Waals surface area contributed by atoms with E-state index >= 15 is 0 Å². The fourth-order valence-electron chi connectivity index (χ4n) is 3.61. The Morgan fingerprint density at radius 1 is 1.24 bits per heavy atom. The number of benzene rings is 1. The fraction of sp³-hybridized carbons (Fsp3) is 0.450. The van der Waals surface area contributed by atoms with Crippen LogP contribution in [0.5, 0.6) is 0 Å². The van der Waals surface area contributed by atoms with E-state index in [1.807, 2.05) is 0 Å². The topological polar surface area (TPSA) is 184 Å². The van der Waals surface area contributed by atoms with Gasteiger partial charge in [0, 0.05) is 19.1 Å². The predicted molar refractivity (Wildman–Crippen MR) is 128 cm³/mol. The Hall–Kier alpha value is -2.97. The molecule has 0 spiro atoms. The van der Waals surface area contributed by atoms with Crippen molar-refractivity contribution >= 4 is 43.2 Å². The van der Waals surface area contributed by atoms with Crippen LogP contribution in [0.4, 0.5) is 17.5 Å². The number of nitrogens with one attached hydrogen (secondary N) is 3. The van der Waals surface area contributed by atoms with Gasteiger partial charge in [-0.15, -0.1) is 0 Å². The summed E-state index contributed by atoms with van der Waals surface area (Å²) in [6.45, 7) is 3.66. The highest BCUT2D eigenvalue weighted by Gasteiger charge is 2.28. The van der Waals surface area contributed by atoms with Crippen LogP contribution in [0.3, 0.4) is 0 Å². The van der Waals surface area contributed by atoms with E-state index < -0.39 is 42.1 Å². The maximum Gasteiger partial charge on any atom is 0.267 e. The maximum absolute atomic E-state index is 12.8. The summed E-state index contributed by atoms with van der Waals surface area (Å²) in [5, 5.41) is 5.06. The second-order valence-corrected chi connectivity index (χ2v) is 12.8. The Balaban J connectivity index is 2.00. The first kappa shape index (κ1) is 25.6. The number of anilines is 3. The van der Waals surface area contributed by atoms with Gasteiger partial charge < -0.3 is 16.4 Å². The summed E-state index contributed by atoms with van der Waals surface area (Å²) >= 11 is 0. The number of amides is 1. The molecule has 3 rings (SSSR count). The number of piperidine rings is 1. The van der Waals surface area contributed by atoms with E-state index in [0.29, 0.717) is 19.4 Å². The van der Waals surface area contributed by atoms with Crippen LogP contribution in [0.1, 0.15) is 37.0 Å². The zero-order valence-corrected chi connectivity index (χ0v) is 20.7. The zero-order chi connectivity index (χ0) is 25.3. The number of hydrogen-bond acceptors (Lipinski definition) is 9. The molecular formula is C20H28N6O6S2. The number of primary amides is 1. The van der Waals surface area contributed by atoms with Crippen LogP contribution in [-0.4, -0.2) is 67.7 Å². The lowest BCUT2D eigenvalue weighted by Gasteiger charge is -2.31. The number of carbonyl (C=O) groups excluding carboxylic acids is 1. The van der Waals surface area contributed by atoms with Crippen molar-refractivity contribution in [2.24, 2.45) is 5.73 Å². The van der Waals surface area contributed by atoms with Gasteiger partial charge in [-0.05, 0) is 38.8 Å². The van der Waals surface area contributed by atoms with Crippen LogP contribution in [0.25, 0.3) is 0 Å². The molecule has 2 heterocycles. The largest absolute Gasteiger partial charge is 0.365 e.